The molecule has 7 fully saturated rings. The first kappa shape index (κ1) is 117. The summed E-state index contributed by atoms with van der Waals surface area (Å²) in [6.45, 7) is 84.7. The molecule has 140 heavy (non-hydrogen) atoms. The standard InChI is InChI=1S/C19H24N4O6.C16H24O12Si8.C13H12N2O6.2C12H15N3O3.C8H12Si.C7H12O2/c1-14-2-3-17(26)22(14)10-6-15(24)20-8-12-29-13-9-21-16(25)7-11-23-18(27)4-5-19(23)28;1-9-29-17-30(10-2)20-33(13-5)22-31(11-3,18-29)24-35(15-7)25-32(12-4,19-29)23-34(14-6,21-30)27-36(16-8,26-33)28-35;1-9-2-3-12(18)15(9)21-13(19)8-20-7-6-14-10(16)4-5-11(14)17;1-4-10(16)13-7-14(11(17)5-2)9-15(8-13)12(18)6-3;1-4-7-16-10-13-11(17-8-5-2)15-12(14-10)18-9-6-3;1-5-9(6-2,7-3)8-4;1-3-5-9-7-6-8-4-2/h2-5H,1,6-13H2,(H,20,24)(H,21,25);9-16H,1-8H2;2-5H,1,6-8H2;2*4-6H,1-3,7-9H2;5-8H,1-4H2;3-4H,1-2,5-7H2. The third kappa shape index (κ3) is 33.8. The number of carbonyl (C=O) groups is 12. The van der Waals surface area contributed by atoms with Crippen LogP contribution in [0.3, 0.4) is 0 Å². The van der Waals surface area contributed by atoms with Crippen LogP contribution in [0.1, 0.15) is 12.8 Å². The van der Waals surface area contributed by atoms with E-state index >= 15 is 0 Å². The van der Waals surface area contributed by atoms with E-state index in [2.05, 4.69) is 170 Å². The number of aromatic nitrogens is 3. The lowest BCUT2D eigenvalue weighted by molar-refractivity contribution is -0.189. The van der Waals surface area contributed by atoms with Crippen molar-refractivity contribution in [1.29, 1.82) is 0 Å². The molecule has 11 amide bonds. The van der Waals surface area contributed by atoms with Crippen LogP contribution >= 0.6 is 0 Å². The van der Waals surface area contributed by atoms with Crippen LogP contribution in [0, 0.1) is 0 Å². The lowest BCUT2D eigenvalue weighted by Crippen LogP contribution is -2.87. The van der Waals surface area contributed by atoms with Gasteiger partial charge in [0.1, 0.15) is 41.1 Å². The SMILES string of the molecule is C=C1C=CC(=O)N1CCC(=O)NCCOCCNC(=O)CCN1C(=O)C=CC1=O.C=C1C=CC(=O)N1OC(=O)COCCN1C(=O)C=CC1=O.C=CC(=O)N1CN(C(=O)C=C)CN(C(=O)C=C)C1.C=CCOCCOC=C.C=CCOc1nc(OCC=C)nc(OCC=C)n1.C=C[Si](C=C)(C=C)C=C.C=C[Si]12O[Si]3(C=C)O[Si]4(C=C)O[Si](C=C)(O1)O[Si]1(C=C)O[Si](C=C)(O2)O[Si](C=C)(O3)O[Si](C=C)(O4)O1. The fraction of sp³-hybridized carbons (Fsp3) is 0.230. The quantitative estimate of drug-likeness (QED) is 0.0219. The summed E-state index contributed by atoms with van der Waals surface area (Å²) in [6.07, 6.45) is 21.8. The average Bonchev–Trinajstić information content (AvgIpc) is 0.767. The molecule has 8 bridgehead atoms. The lowest BCUT2D eigenvalue weighted by atomic mass is 10.3. The van der Waals surface area contributed by atoms with Crippen molar-refractivity contribution in [2.75, 3.05) is 119 Å². The molecule has 0 saturated carbocycles. The molecule has 7 saturated heterocycles. The van der Waals surface area contributed by atoms with Gasteiger partial charge in [0.2, 0.25) is 29.5 Å². The topological polar surface area (TPSA) is 475 Å². The number of hydroxylamine groups is 2. The van der Waals surface area contributed by atoms with Crippen molar-refractivity contribution in [2.45, 2.75) is 12.8 Å². The number of carbonyl (C=O) groups excluding carboxylic acids is 12. The van der Waals surface area contributed by atoms with Gasteiger partial charge in [0.25, 0.3) is 35.4 Å². The Morgan fingerprint density at radius 1 is 0.357 bits per heavy atom. The largest absolute Gasteiger partial charge is 0.507 e. The highest BCUT2D eigenvalue weighted by Gasteiger charge is 2.82. The van der Waals surface area contributed by atoms with E-state index in [0.29, 0.717) is 32.1 Å². The van der Waals surface area contributed by atoms with E-state index in [9.17, 15) is 57.5 Å². The van der Waals surface area contributed by atoms with Crippen LogP contribution < -0.4 is 24.8 Å². The van der Waals surface area contributed by atoms with Crippen LogP contribution in [0.15, 0.2) is 322 Å². The van der Waals surface area contributed by atoms with Crippen molar-refractivity contribution < 1.29 is 145 Å². The molecule has 0 aromatic carbocycles. The first-order chi connectivity index (χ1) is 66.8. The molecule has 1 aromatic heterocycles. The minimum Gasteiger partial charge on any atom is -0.499 e. The molecule has 11 aliphatic rings. The van der Waals surface area contributed by atoms with E-state index in [1.807, 2.05) is 22.8 Å². The van der Waals surface area contributed by atoms with Gasteiger partial charge in [0, 0.05) is 81.2 Å². The van der Waals surface area contributed by atoms with Crippen molar-refractivity contribution in [2.24, 2.45) is 0 Å². The number of amides is 11. The van der Waals surface area contributed by atoms with Crippen molar-refractivity contribution in [1.82, 2.24) is 60.0 Å². The summed E-state index contributed by atoms with van der Waals surface area (Å²) in [5.74, 6) is -4.68. The summed E-state index contributed by atoms with van der Waals surface area (Å²) in [4.78, 5) is 162. The molecule has 2 N–H and O–H groups in total. The van der Waals surface area contributed by atoms with E-state index in [0.717, 1.165) is 45.2 Å². The summed E-state index contributed by atoms with van der Waals surface area (Å²) in [6, 6.07) is 0.342. The highest BCUT2D eigenvalue weighted by Crippen LogP contribution is 2.50. The van der Waals surface area contributed by atoms with Gasteiger partial charge in [-0.25, -0.2) is 4.79 Å². The first-order valence-electron chi connectivity index (χ1n) is 41.9. The summed E-state index contributed by atoms with van der Waals surface area (Å²) >= 11 is 0. The summed E-state index contributed by atoms with van der Waals surface area (Å²) in [5.41, 5.74) is 19.2. The number of nitrogens with zero attached hydrogens (tertiary/aromatic N) is 10. The monoisotopic (exact) mass is 2090 g/mol. The number of ether oxygens (including phenoxy) is 7. The van der Waals surface area contributed by atoms with E-state index in [-0.39, 0.29) is 158 Å². The van der Waals surface area contributed by atoms with Crippen molar-refractivity contribution in [3.63, 3.8) is 0 Å². The zero-order valence-corrected chi connectivity index (χ0v) is 86.4. The maximum absolute atomic E-state index is 11.8. The van der Waals surface area contributed by atoms with Gasteiger partial charge < -0.3 is 118 Å². The Kier molecular flexibility index (Phi) is 47.6. The van der Waals surface area contributed by atoms with Gasteiger partial charge in [-0.05, 0) is 76.0 Å². The van der Waals surface area contributed by atoms with Gasteiger partial charge in [-0.1, -0.05) is 106 Å². The molecular weight excluding hydrogens is 1980 g/mol. The fourth-order valence-corrected chi connectivity index (χ4v) is 52.5. The molecule has 0 atom stereocenters. The van der Waals surface area contributed by atoms with Crippen molar-refractivity contribution >= 4 is 149 Å². The molecule has 53 heteroatoms. The van der Waals surface area contributed by atoms with Gasteiger partial charge in [0.15, 0.2) is 0 Å². The highest BCUT2D eigenvalue weighted by atomic mass is 28.6. The molecule has 44 nitrogen and oxygen atoms in total. The lowest BCUT2D eigenvalue weighted by Gasteiger charge is -2.60. The van der Waals surface area contributed by atoms with Gasteiger partial charge in [-0.2, -0.15) is 0 Å². The molecule has 750 valence electrons. The zero-order valence-electron chi connectivity index (χ0n) is 77.4. The van der Waals surface area contributed by atoms with Crippen LogP contribution in [0.5, 0.6) is 18.0 Å². The Morgan fingerprint density at radius 2 is 0.657 bits per heavy atom. The normalized spacial score (nSPS) is 23.7. The Hall–Kier alpha value is -13.2. The molecule has 12 heterocycles. The number of allylic oxidation sites excluding steroid dienone is 2. The van der Waals surface area contributed by atoms with Crippen LogP contribution in [-0.2, 0) is 131 Å². The van der Waals surface area contributed by atoms with E-state index in [4.69, 9.17) is 87.4 Å². The molecule has 12 rings (SSSR count). The van der Waals surface area contributed by atoms with Crippen LogP contribution in [0.25, 0.3) is 0 Å². The Labute approximate surface area is 821 Å². The van der Waals surface area contributed by atoms with Crippen molar-refractivity contribution in [3.8, 4) is 18.0 Å². The van der Waals surface area contributed by atoms with Crippen LogP contribution in [0.2, 0.25) is 0 Å². The molecule has 0 radical (unpaired) electrons. The Balaban J connectivity index is 0.000000302. The minimum atomic E-state index is -4.10. The third-order valence-electron chi connectivity index (χ3n) is 18.4. The fourth-order valence-electron chi connectivity index (χ4n) is 11.5. The molecule has 11 aliphatic heterocycles. The molecule has 0 unspecified atom stereocenters. The van der Waals surface area contributed by atoms with Gasteiger partial charge in [-0.3, -0.25) is 62.5 Å². The van der Waals surface area contributed by atoms with Gasteiger partial charge >= 0.3 is 94.4 Å². The van der Waals surface area contributed by atoms with Crippen LogP contribution in [-0.4, -0.2) is 318 Å². The second kappa shape index (κ2) is 56.8. The summed E-state index contributed by atoms with van der Waals surface area (Å²) in [7, 11) is -34.4. The number of imide groups is 2. The number of rotatable bonds is 48. The predicted molar refractivity (Wildman–Crippen MR) is 527 cm³/mol. The van der Waals surface area contributed by atoms with E-state index in [1.54, 1.807) is 30.4 Å². The highest BCUT2D eigenvalue weighted by molar-refractivity contribution is 7.07. The van der Waals surface area contributed by atoms with Gasteiger partial charge in [0.05, 0.1) is 71.5 Å². The predicted octanol–water partition coefficient (Wildman–Crippen LogP) is 4.88. The maximum Gasteiger partial charge on any atom is 0.507 e. The zero-order chi connectivity index (χ0) is 104. The second-order valence-electron chi connectivity index (χ2n) is 28.0. The Morgan fingerprint density at radius 3 is 0.929 bits per heavy atom. The third-order valence-corrected chi connectivity index (χ3v) is 52.6. The van der Waals surface area contributed by atoms with Crippen molar-refractivity contribution in [3.05, 3.63) is 322 Å². The smallest absolute Gasteiger partial charge is 0.499 e. The maximum atomic E-state index is 11.8. The minimum absolute atomic E-state index is 0.0125. The molecular formula is C87H114N12O32Si9. The number of nitrogens with one attached hydrogen (secondary N) is 2. The van der Waals surface area contributed by atoms with E-state index < -0.39 is 121 Å². The van der Waals surface area contributed by atoms with E-state index in [1.165, 1.54) is 102 Å². The Bertz CT molecular complexity index is 4460. The molecule has 1 aromatic rings. The number of hydrogen-bond donors (Lipinski definition) is 2. The second-order valence-corrected chi connectivity index (χ2v) is 54.3. The molecule has 0 aliphatic carbocycles. The first-order valence-corrected chi connectivity index (χ1v) is 58.6. The van der Waals surface area contributed by atoms with Crippen LogP contribution in [0.4, 0.5) is 0 Å². The summed E-state index contributed by atoms with van der Waals surface area (Å²) < 4.78 is 114. The average molecular weight is 2090 g/mol. The summed E-state index contributed by atoms with van der Waals surface area (Å²) in [5, 5.41) is 6.06. The molecule has 0 spiro atoms. The number of hydrogen-bond acceptors (Lipinski definition) is 35. The van der Waals surface area contributed by atoms with Gasteiger partial charge in [-0.15, -0.1) is 106 Å².